The van der Waals surface area contributed by atoms with Crippen molar-refractivity contribution in [3.63, 3.8) is 0 Å². The van der Waals surface area contributed by atoms with Gasteiger partial charge in [0.2, 0.25) is 17.8 Å². The number of aromatic nitrogens is 6. The summed E-state index contributed by atoms with van der Waals surface area (Å²) in [4.78, 5) is 12.6. The van der Waals surface area contributed by atoms with Crippen LogP contribution < -0.4 is 11.1 Å². The summed E-state index contributed by atoms with van der Waals surface area (Å²) < 4.78 is 1.71. The molecule has 0 aliphatic heterocycles. The van der Waals surface area contributed by atoms with E-state index in [1.165, 1.54) is 0 Å². The lowest BCUT2D eigenvalue weighted by Gasteiger charge is -2.07. The number of thioether (sulfide) groups is 1. The number of nitrogens with two attached hydrogens (primary N) is 1. The van der Waals surface area contributed by atoms with Crippen molar-refractivity contribution in [2.45, 2.75) is 31.0 Å². The van der Waals surface area contributed by atoms with Gasteiger partial charge in [-0.3, -0.25) is 0 Å². The van der Waals surface area contributed by atoms with Gasteiger partial charge in [0.25, 0.3) is 0 Å². The van der Waals surface area contributed by atoms with Gasteiger partial charge in [0.05, 0.1) is 0 Å². The Morgan fingerprint density at radius 2 is 2.26 bits per heavy atom. The van der Waals surface area contributed by atoms with Crippen LogP contribution in [0.1, 0.15) is 19.8 Å². The maximum atomic E-state index is 5.72. The van der Waals surface area contributed by atoms with Gasteiger partial charge in [0, 0.05) is 6.04 Å². The molecule has 8 nitrogen and oxygen atoms in total. The van der Waals surface area contributed by atoms with Gasteiger partial charge in [-0.05, 0) is 18.6 Å². The third kappa shape index (κ3) is 2.75. The fourth-order valence-corrected chi connectivity index (χ4v) is 2.18. The summed E-state index contributed by atoms with van der Waals surface area (Å²) in [5.74, 6) is 2.03. The molecule has 0 unspecified atom stereocenters. The summed E-state index contributed by atoms with van der Waals surface area (Å²) in [6.45, 7) is 2.05. The molecular weight excluding hydrogens is 264 g/mol. The second-order valence-electron chi connectivity index (χ2n) is 4.15. The van der Waals surface area contributed by atoms with Crippen molar-refractivity contribution < 1.29 is 0 Å². The average molecular weight is 278 g/mol. The van der Waals surface area contributed by atoms with Crippen LogP contribution in [0, 0.1) is 0 Å². The predicted octanol–water partition coefficient (Wildman–Crippen LogP) is 0.721. The summed E-state index contributed by atoms with van der Waals surface area (Å²) in [6.07, 6.45) is 3.86. The van der Waals surface area contributed by atoms with E-state index in [2.05, 4.69) is 30.5 Å². The third-order valence-electron chi connectivity index (χ3n) is 2.56. The maximum absolute atomic E-state index is 5.72. The molecule has 2 heterocycles. The molecule has 0 aromatic carbocycles. The lowest BCUT2D eigenvalue weighted by Crippen LogP contribution is -2.12. The molecule has 19 heavy (non-hydrogen) atoms. The smallest absolute Gasteiger partial charge is 0.243 e. The van der Waals surface area contributed by atoms with Crippen LogP contribution in [0.3, 0.4) is 0 Å². The molecule has 2 aromatic heterocycles. The van der Waals surface area contributed by atoms with E-state index < -0.39 is 0 Å². The topological polar surface area (TPSA) is 107 Å². The minimum atomic E-state index is 0.189. The molecule has 1 saturated carbocycles. The van der Waals surface area contributed by atoms with Crippen molar-refractivity contribution in [2.24, 2.45) is 0 Å². The largest absolute Gasteiger partial charge is 0.368 e. The number of anilines is 2. The van der Waals surface area contributed by atoms with Crippen molar-refractivity contribution in [1.29, 1.82) is 0 Å². The Balaban J connectivity index is 1.93. The second-order valence-corrected chi connectivity index (χ2v) is 5.38. The van der Waals surface area contributed by atoms with Crippen LogP contribution in [-0.2, 0) is 0 Å². The summed E-state index contributed by atoms with van der Waals surface area (Å²) in [7, 11) is 0. The highest BCUT2D eigenvalue weighted by atomic mass is 32.2. The second kappa shape index (κ2) is 5.00. The van der Waals surface area contributed by atoms with Gasteiger partial charge in [0.1, 0.15) is 6.33 Å². The first-order chi connectivity index (χ1) is 9.26. The first-order valence-corrected chi connectivity index (χ1v) is 7.06. The van der Waals surface area contributed by atoms with E-state index in [4.69, 9.17) is 5.73 Å². The van der Waals surface area contributed by atoms with Crippen molar-refractivity contribution in [2.75, 3.05) is 16.8 Å². The van der Waals surface area contributed by atoms with Gasteiger partial charge in [-0.2, -0.15) is 15.0 Å². The Morgan fingerprint density at radius 3 is 3.00 bits per heavy atom. The zero-order chi connectivity index (χ0) is 13.2. The van der Waals surface area contributed by atoms with E-state index in [0.717, 1.165) is 23.8 Å². The van der Waals surface area contributed by atoms with Crippen LogP contribution in [-0.4, -0.2) is 41.5 Å². The molecule has 0 radical (unpaired) electrons. The van der Waals surface area contributed by atoms with Crippen LogP contribution in [0.25, 0.3) is 5.95 Å². The maximum Gasteiger partial charge on any atom is 0.243 e. The van der Waals surface area contributed by atoms with Crippen LogP contribution in [0.5, 0.6) is 0 Å². The molecule has 1 fully saturated rings. The Kier molecular flexibility index (Phi) is 3.20. The van der Waals surface area contributed by atoms with E-state index >= 15 is 0 Å². The molecule has 3 N–H and O–H groups in total. The van der Waals surface area contributed by atoms with E-state index in [-0.39, 0.29) is 5.95 Å². The number of rotatable bonds is 5. The Labute approximate surface area is 114 Å². The molecule has 3 rings (SSSR count). The number of nitrogen functional groups attached to an aromatic ring is 1. The van der Waals surface area contributed by atoms with E-state index in [0.29, 0.717) is 17.9 Å². The molecule has 2 aromatic rings. The van der Waals surface area contributed by atoms with E-state index in [1.807, 2.05) is 6.92 Å². The molecule has 1 aliphatic rings. The lowest BCUT2D eigenvalue weighted by atomic mass is 10.7. The first-order valence-electron chi connectivity index (χ1n) is 6.07. The monoisotopic (exact) mass is 278 g/mol. The third-order valence-corrected chi connectivity index (χ3v) is 3.38. The summed E-state index contributed by atoms with van der Waals surface area (Å²) in [6, 6.07) is 0.458. The number of nitrogens with zero attached hydrogens (tertiary/aromatic N) is 6. The zero-order valence-electron chi connectivity index (χ0n) is 10.4. The molecule has 0 bridgehead atoms. The lowest BCUT2D eigenvalue weighted by molar-refractivity contribution is 0.813. The fourth-order valence-electron chi connectivity index (χ4n) is 1.55. The molecule has 9 heteroatoms. The minimum absolute atomic E-state index is 0.189. The van der Waals surface area contributed by atoms with Gasteiger partial charge < -0.3 is 11.1 Å². The Morgan fingerprint density at radius 1 is 1.42 bits per heavy atom. The molecule has 100 valence electrons. The molecule has 1 aliphatic carbocycles. The molecule has 0 saturated heterocycles. The normalized spacial score (nSPS) is 14.6. The van der Waals surface area contributed by atoms with Crippen LogP contribution in [0.4, 0.5) is 11.9 Å². The van der Waals surface area contributed by atoms with Crippen LogP contribution in [0.15, 0.2) is 11.5 Å². The molecule has 0 atom stereocenters. The number of nitrogens with one attached hydrogen (secondary N) is 1. The standard InChI is InChI=1S/C10H14N8S/c1-2-19-10-17-12-5-18(10)9-15-7(11)14-8(16-9)13-6-3-4-6/h5-6H,2-4H2,1H3,(H3,11,13,14,15,16). The minimum Gasteiger partial charge on any atom is -0.368 e. The summed E-state index contributed by atoms with van der Waals surface area (Å²) >= 11 is 1.57. The van der Waals surface area contributed by atoms with Crippen LogP contribution >= 0.6 is 11.8 Å². The average Bonchev–Trinajstić information content (AvgIpc) is 3.05. The summed E-state index contributed by atoms with van der Waals surface area (Å²) in [5.41, 5.74) is 5.72. The Bertz CT molecular complexity index is 579. The van der Waals surface area contributed by atoms with Crippen LogP contribution in [0.2, 0.25) is 0 Å². The highest BCUT2D eigenvalue weighted by Gasteiger charge is 2.22. The summed E-state index contributed by atoms with van der Waals surface area (Å²) in [5, 5.41) is 11.9. The molecule has 0 amide bonds. The SMILES string of the molecule is CCSc1nncn1-c1nc(N)nc(NC2CC2)n1. The number of hydrogen-bond donors (Lipinski definition) is 2. The van der Waals surface area contributed by atoms with Crippen molar-refractivity contribution in [3.05, 3.63) is 6.33 Å². The van der Waals surface area contributed by atoms with Gasteiger partial charge in [-0.1, -0.05) is 18.7 Å². The van der Waals surface area contributed by atoms with Gasteiger partial charge in [-0.25, -0.2) is 4.57 Å². The number of hydrogen-bond acceptors (Lipinski definition) is 8. The Hall–Kier alpha value is -1.90. The molecular formula is C10H14N8S. The van der Waals surface area contributed by atoms with Crippen molar-refractivity contribution in [1.82, 2.24) is 29.7 Å². The van der Waals surface area contributed by atoms with E-state index in [1.54, 1.807) is 22.7 Å². The highest BCUT2D eigenvalue weighted by Crippen LogP contribution is 2.24. The first kappa shape index (κ1) is 12.2. The fraction of sp³-hybridized carbons (Fsp3) is 0.500. The van der Waals surface area contributed by atoms with Crippen molar-refractivity contribution in [3.8, 4) is 5.95 Å². The van der Waals surface area contributed by atoms with Gasteiger partial charge in [-0.15, -0.1) is 10.2 Å². The zero-order valence-corrected chi connectivity index (χ0v) is 11.3. The van der Waals surface area contributed by atoms with E-state index in [9.17, 15) is 0 Å². The quantitative estimate of drug-likeness (QED) is 0.770. The van der Waals surface area contributed by atoms with Gasteiger partial charge >= 0.3 is 0 Å². The predicted molar refractivity (Wildman–Crippen MR) is 72.2 cm³/mol. The van der Waals surface area contributed by atoms with Gasteiger partial charge in [0.15, 0.2) is 5.16 Å². The molecule has 0 spiro atoms. The van der Waals surface area contributed by atoms with Crippen molar-refractivity contribution >= 4 is 23.7 Å². The highest BCUT2D eigenvalue weighted by molar-refractivity contribution is 7.99.